The first-order chi connectivity index (χ1) is 11.8. The minimum Gasteiger partial charge on any atom is -0.290 e. The van der Waals surface area contributed by atoms with Gasteiger partial charge in [-0.3, -0.25) is 4.99 Å². The molecule has 1 aliphatic rings. The summed E-state index contributed by atoms with van der Waals surface area (Å²) in [5, 5.41) is 0. The minimum atomic E-state index is 0.314. The van der Waals surface area contributed by atoms with Gasteiger partial charge in [0.1, 0.15) is 0 Å². The standard InChI is InChI=1S/C24H47N/c1-9-14-20(6)24(8,18(3)4)23(22-15-12-11-13-16-22)25-21(7)17-19(5)10-2/h18-20,22-23H,9-17H2,1-8H3/t19-,20?,23+,24?/m1/s1. The van der Waals surface area contributed by atoms with E-state index in [4.69, 9.17) is 4.99 Å². The molecule has 1 nitrogen and oxygen atoms in total. The van der Waals surface area contributed by atoms with Crippen LogP contribution >= 0.6 is 0 Å². The topological polar surface area (TPSA) is 12.4 Å². The van der Waals surface area contributed by atoms with Crippen LogP contribution in [-0.4, -0.2) is 11.8 Å². The summed E-state index contributed by atoms with van der Waals surface area (Å²) in [5.74, 6) is 2.98. The number of nitrogens with zero attached hydrogens (tertiary/aromatic N) is 1. The molecule has 0 N–H and O–H groups in total. The van der Waals surface area contributed by atoms with E-state index in [1.807, 2.05) is 0 Å². The fourth-order valence-corrected chi connectivity index (χ4v) is 5.09. The van der Waals surface area contributed by atoms with Crippen LogP contribution in [0.1, 0.15) is 113 Å². The number of hydrogen-bond acceptors (Lipinski definition) is 1. The molecule has 0 heterocycles. The zero-order valence-corrected chi connectivity index (χ0v) is 18.7. The summed E-state index contributed by atoms with van der Waals surface area (Å²) < 4.78 is 0. The van der Waals surface area contributed by atoms with Gasteiger partial charge >= 0.3 is 0 Å². The Labute approximate surface area is 159 Å². The molecule has 148 valence electrons. The molecule has 25 heavy (non-hydrogen) atoms. The van der Waals surface area contributed by atoms with Crippen molar-refractivity contribution in [3.05, 3.63) is 0 Å². The summed E-state index contributed by atoms with van der Waals surface area (Å²) in [6, 6.07) is 0.512. The molecule has 1 saturated carbocycles. The molecule has 0 aromatic carbocycles. The van der Waals surface area contributed by atoms with E-state index in [9.17, 15) is 0 Å². The number of hydrogen-bond donors (Lipinski definition) is 0. The van der Waals surface area contributed by atoms with Gasteiger partial charge in [0, 0.05) is 5.71 Å². The summed E-state index contributed by atoms with van der Waals surface area (Å²) in [5.41, 5.74) is 1.72. The van der Waals surface area contributed by atoms with E-state index < -0.39 is 0 Å². The van der Waals surface area contributed by atoms with Crippen LogP contribution in [0.15, 0.2) is 4.99 Å². The van der Waals surface area contributed by atoms with Crippen molar-refractivity contribution in [2.24, 2.45) is 34.1 Å². The first kappa shape index (κ1) is 22.7. The zero-order valence-electron chi connectivity index (χ0n) is 18.7. The Morgan fingerprint density at radius 3 is 2.12 bits per heavy atom. The molecule has 0 amide bonds. The van der Waals surface area contributed by atoms with E-state index in [0.717, 1.165) is 17.8 Å². The Balaban J connectivity index is 3.19. The van der Waals surface area contributed by atoms with Gasteiger partial charge in [0.05, 0.1) is 6.04 Å². The van der Waals surface area contributed by atoms with Gasteiger partial charge in [-0.15, -0.1) is 0 Å². The van der Waals surface area contributed by atoms with E-state index in [-0.39, 0.29) is 0 Å². The molecule has 1 fully saturated rings. The quantitative estimate of drug-likeness (QED) is 0.355. The van der Waals surface area contributed by atoms with E-state index in [1.165, 1.54) is 63.5 Å². The van der Waals surface area contributed by atoms with Crippen molar-refractivity contribution in [1.29, 1.82) is 0 Å². The predicted molar refractivity (Wildman–Crippen MR) is 115 cm³/mol. The van der Waals surface area contributed by atoms with Gasteiger partial charge < -0.3 is 0 Å². The fourth-order valence-electron chi connectivity index (χ4n) is 5.09. The van der Waals surface area contributed by atoms with Crippen LogP contribution < -0.4 is 0 Å². The predicted octanol–water partition coefficient (Wildman–Crippen LogP) is 7.93. The maximum Gasteiger partial charge on any atom is 0.0585 e. The molecular formula is C24H47N. The van der Waals surface area contributed by atoms with E-state index in [0.29, 0.717) is 17.4 Å². The molecule has 2 unspecified atom stereocenters. The fraction of sp³-hybridized carbons (Fsp3) is 0.958. The van der Waals surface area contributed by atoms with E-state index in [2.05, 4.69) is 55.4 Å². The Morgan fingerprint density at radius 2 is 1.64 bits per heavy atom. The van der Waals surface area contributed by atoms with Crippen LogP contribution in [0.2, 0.25) is 0 Å². The smallest absolute Gasteiger partial charge is 0.0585 e. The average Bonchev–Trinajstić information content (AvgIpc) is 2.59. The van der Waals surface area contributed by atoms with Gasteiger partial charge in [-0.2, -0.15) is 0 Å². The molecule has 0 aliphatic heterocycles. The molecule has 0 aromatic heterocycles. The van der Waals surface area contributed by atoms with Gasteiger partial charge in [-0.25, -0.2) is 0 Å². The summed E-state index contributed by atoms with van der Waals surface area (Å²) in [6.07, 6.45) is 12.1. The lowest BCUT2D eigenvalue weighted by molar-refractivity contribution is 0.0438. The van der Waals surface area contributed by atoms with Crippen LogP contribution in [0.3, 0.4) is 0 Å². The van der Waals surface area contributed by atoms with Gasteiger partial charge in [0.15, 0.2) is 0 Å². The second-order valence-electron chi connectivity index (χ2n) is 9.64. The van der Waals surface area contributed by atoms with Gasteiger partial charge in [-0.1, -0.05) is 87.0 Å². The van der Waals surface area contributed by atoms with Crippen molar-refractivity contribution in [1.82, 2.24) is 0 Å². The van der Waals surface area contributed by atoms with Crippen LogP contribution in [0, 0.1) is 29.1 Å². The third kappa shape index (κ3) is 6.10. The third-order valence-electron chi connectivity index (χ3n) is 7.46. The SMILES string of the molecule is CCCC(C)C(C)(C(C)C)[C@@H](N=C(C)C[C@H](C)CC)C1CCCCC1. The lowest BCUT2D eigenvalue weighted by Crippen LogP contribution is -2.46. The zero-order chi connectivity index (χ0) is 19.0. The van der Waals surface area contributed by atoms with Crippen molar-refractivity contribution < 1.29 is 0 Å². The van der Waals surface area contributed by atoms with E-state index >= 15 is 0 Å². The molecular weight excluding hydrogens is 302 g/mol. The largest absolute Gasteiger partial charge is 0.290 e. The van der Waals surface area contributed by atoms with Gasteiger partial charge in [0.25, 0.3) is 0 Å². The maximum absolute atomic E-state index is 5.50. The van der Waals surface area contributed by atoms with Crippen LogP contribution in [0.25, 0.3) is 0 Å². The molecule has 0 spiro atoms. The first-order valence-corrected chi connectivity index (χ1v) is 11.3. The molecule has 0 aromatic rings. The van der Waals surface area contributed by atoms with Gasteiger partial charge in [0.2, 0.25) is 0 Å². The monoisotopic (exact) mass is 349 g/mol. The summed E-state index contributed by atoms with van der Waals surface area (Å²) in [4.78, 5) is 5.50. The summed E-state index contributed by atoms with van der Waals surface area (Å²) >= 11 is 0. The normalized spacial score (nSPS) is 23.3. The molecule has 1 aliphatic carbocycles. The molecule has 0 saturated heterocycles. The average molecular weight is 350 g/mol. The lowest BCUT2D eigenvalue weighted by Gasteiger charge is -2.48. The first-order valence-electron chi connectivity index (χ1n) is 11.3. The Hall–Kier alpha value is -0.330. The highest BCUT2D eigenvalue weighted by Crippen LogP contribution is 2.48. The summed E-state index contributed by atoms with van der Waals surface area (Å²) in [7, 11) is 0. The number of aliphatic imine (C=N–C) groups is 1. The Morgan fingerprint density at radius 1 is 1.04 bits per heavy atom. The highest BCUT2D eigenvalue weighted by molar-refractivity contribution is 5.82. The molecule has 4 atom stereocenters. The number of rotatable bonds is 10. The second kappa shape index (κ2) is 10.7. The Kier molecular flexibility index (Phi) is 9.75. The summed E-state index contributed by atoms with van der Waals surface area (Å²) in [6.45, 7) is 19.3. The molecule has 0 radical (unpaired) electrons. The minimum absolute atomic E-state index is 0.314. The molecule has 0 bridgehead atoms. The van der Waals surface area contributed by atoms with Crippen LogP contribution in [-0.2, 0) is 0 Å². The third-order valence-corrected chi connectivity index (χ3v) is 7.46. The highest BCUT2D eigenvalue weighted by atomic mass is 14.9. The van der Waals surface area contributed by atoms with Crippen LogP contribution in [0.5, 0.6) is 0 Å². The molecule has 1 rings (SSSR count). The maximum atomic E-state index is 5.50. The van der Waals surface area contributed by atoms with Crippen molar-refractivity contribution in [3.63, 3.8) is 0 Å². The second-order valence-corrected chi connectivity index (χ2v) is 9.64. The van der Waals surface area contributed by atoms with E-state index in [1.54, 1.807) is 0 Å². The Bertz CT molecular complexity index is 391. The van der Waals surface area contributed by atoms with Gasteiger partial charge in [-0.05, 0) is 55.3 Å². The van der Waals surface area contributed by atoms with Crippen molar-refractivity contribution in [3.8, 4) is 0 Å². The van der Waals surface area contributed by atoms with Crippen molar-refractivity contribution in [2.45, 2.75) is 119 Å². The van der Waals surface area contributed by atoms with Crippen molar-refractivity contribution in [2.75, 3.05) is 0 Å². The van der Waals surface area contributed by atoms with Crippen LogP contribution in [0.4, 0.5) is 0 Å². The lowest BCUT2D eigenvalue weighted by atomic mass is 9.59. The molecule has 1 heteroatoms. The highest BCUT2D eigenvalue weighted by Gasteiger charge is 2.45. The van der Waals surface area contributed by atoms with Crippen molar-refractivity contribution >= 4 is 5.71 Å².